The maximum Gasteiger partial charge on any atom is 0.221 e. The first-order chi connectivity index (χ1) is 10.2. The van der Waals surface area contributed by atoms with E-state index in [2.05, 4.69) is 22.5 Å². The van der Waals surface area contributed by atoms with Gasteiger partial charge in [-0.15, -0.1) is 0 Å². The Morgan fingerprint density at radius 1 is 1.33 bits per heavy atom. The van der Waals surface area contributed by atoms with E-state index in [0.717, 1.165) is 31.2 Å². The molecule has 2 aliphatic heterocycles. The average Bonchev–Trinajstić information content (AvgIpc) is 2.50. The number of nitrogens with zero attached hydrogens (tertiary/aromatic N) is 1. The quantitative estimate of drug-likeness (QED) is 0.702. The van der Waals surface area contributed by atoms with Crippen molar-refractivity contribution in [1.82, 2.24) is 15.5 Å². The first-order valence-corrected chi connectivity index (χ1v) is 9.69. The lowest BCUT2D eigenvalue weighted by Crippen LogP contribution is -2.41. The topological polar surface area (TPSA) is 44.4 Å². The van der Waals surface area contributed by atoms with Crippen LogP contribution in [0.2, 0.25) is 0 Å². The predicted octanol–water partition coefficient (Wildman–Crippen LogP) is 1.71. The molecule has 2 heterocycles. The van der Waals surface area contributed by atoms with Crippen LogP contribution in [0.15, 0.2) is 0 Å². The molecule has 1 atom stereocenters. The summed E-state index contributed by atoms with van der Waals surface area (Å²) in [6.07, 6.45) is 5.64. The smallest absolute Gasteiger partial charge is 0.221 e. The molecule has 1 unspecified atom stereocenters. The number of amides is 1. The fraction of sp³-hybridized carbons (Fsp3) is 0.938. The Balaban J connectivity index is 1.44. The lowest BCUT2D eigenvalue weighted by atomic mass is 9.99. The van der Waals surface area contributed by atoms with E-state index < -0.39 is 0 Å². The van der Waals surface area contributed by atoms with Gasteiger partial charge in [0, 0.05) is 37.1 Å². The first-order valence-electron chi connectivity index (χ1n) is 8.54. The number of hydrogen-bond donors (Lipinski definition) is 2. The number of carbonyl (C=O) groups excluding carboxylic acids is 1. The molecule has 0 aromatic heterocycles. The zero-order chi connectivity index (χ0) is 14.9. The van der Waals surface area contributed by atoms with E-state index in [4.69, 9.17) is 0 Å². The van der Waals surface area contributed by atoms with Gasteiger partial charge in [-0.2, -0.15) is 11.8 Å². The van der Waals surface area contributed by atoms with E-state index in [1.807, 2.05) is 11.8 Å². The van der Waals surface area contributed by atoms with E-state index in [1.54, 1.807) is 0 Å². The number of unbranched alkanes of at least 4 members (excludes halogenated alkanes) is 1. The van der Waals surface area contributed by atoms with E-state index in [-0.39, 0.29) is 5.91 Å². The molecule has 2 fully saturated rings. The van der Waals surface area contributed by atoms with Gasteiger partial charge < -0.3 is 15.5 Å². The number of rotatable bonds is 7. The van der Waals surface area contributed by atoms with Gasteiger partial charge in [-0.3, -0.25) is 4.79 Å². The molecule has 1 amide bonds. The van der Waals surface area contributed by atoms with Crippen LogP contribution in [0.3, 0.4) is 0 Å². The van der Waals surface area contributed by atoms with Crippen molar-refractivity contribution in [3.63, 3.8) is 0 Å². The molecule has 0 radical (unpaired) electrons. The van der Waals surface area contributed by atoms with E-state index in [1.165, 1.54) is 44.6 Å². The monoisotopic (exact) mass is 313 g/mol. The van der Waals surface area contributed by atoms with Crippen LogP contribution in [-0.2, 0) is 4.79 Å². The van der Waals surface area contributed by atoms with Crippen LogP contribution in [-0.4, -0.2) is 61.1 Å². The largest absolute Gasteiger partial charge is 0.356 e. The highest BCUT2D eigenvalue weighted by molar-refractivity contribution is 7.99. The maximum atomic E-state index is 11.8. The Kier molecular flexibility index (Phi) is 7.89. The summed E-state index contributed by atoms with van der Waals surface area (Å²) in [4.78, 5) is 14.4. The van der Waals surface area contributed by atoms with Crippen LogP contribution in [0, 0.1) is 5.92 Å². The minimum absolute atomic E-state index is 0.210. The molecule has 5 heteroatoms. The Labute approximate surface area is 133 Å². The van der Waals surface area contributed by atoms with Crippen LogP contribution in [0.1, 0.15) is 39.0 Å². The number of nitrogens with one attached hydrogen (secondary N) is 2. The molecule has 0 spiro atoms. The standard InChI is InChI=1S/C16H31N3OS/c1-14-4-9-19(10-5-14)8-3-2-6-18-16(20)12-15-13-21-11-7-17-15/h14-15,17H,2-13H2,1H3,(H,18,20). The Bertz CT molecular complexity index is 300. The molecule has 2 rings (SSSR count). The van der Waals surface area contributed by atoms with Crippen LogP contribution < -0.4 is 10.6 Å². The van der Waals surface area contributed by atoms with Gasteiger partial charge in [-0.25, -0.2) is 0 Å². The highest BCUT2D eigenvalue weighted by atomic mass is 32.2. The number of piperidine rings is 1. The zero-order valence-corrected chi connectivity index (χ0v) is 14.2. The lowest BCUT2D eigenvalue weighted by molar-refractivity contribution is -0.121. The minimum atomic E-state index is 0.210. The summed E-state index contributed by atoms with van der Waals surface area (Å²) in [5, 5.41) is 6.48. The van der Waals surface area contributed by atoms with Crippen molar-refractivity contribution in [2.75, 3.05) is 44.2 Å². The summed E-state index contributed by atoms with van der Waals surface area (Å²) in [6, 6.07) is 0.374. The molecule has 2 N–H and O–H groups in total. The van der Waals surface area contributed by atoms with Crippen molar-refractivity contribution in [3.8, 4) is 0 Å². The SMILES string of the molecule is CC1CCN(CCCCNC(=O)CC2CSCCN2)CC1. The summed E-state index contributed by atoms with van der Waals surface area (Å²) >= 11 is 1.94. The molecule has 0 aromatic rings. The molecule has 0 saturated carbocycles. The number of carbonyl (C=O) groups is 1. The minimum Gasteiger partial charge on any atom is -0.356 e. The summed E-state index contributed by atoms with van der Waals surface area (Å²) in [5.74, 6) is 3.36. The second-order valence-corrected chi connectivity index (χ2v) is 7.66. The van der Waals surface area contributed by atoms with E-state index in [0.29, 0.717) is 12.5 Å². The fourth-order valence-electron chi connectivity index (χ4n) is 3.02. The van der Waals surface area contributed by atoms with Crippen molar-refractivity contribution in [3.05, 3.63) is 0 Å². The summed E-state index contributed by atoms with van der Waals surface area (Å²) < 4.78 is 0. The predicted molar refractivity (Wildman–Crippen MR) is 90.8 cm³/mol. The Hall–Kier alpha value is -0.260. The van der Waals surface area contributed by atoms with Crippen LogP contribution in [0.4, 0.5) is 0 Å². The third-order valence-corrected chi connectivity index (χ3v) is 5.66. The van der Waals surface area contributed by atoms with Crippen LogP contribution >= 0.6 is 11.8 Å². The molecule has 2 saturated heterocycles. The molecule has 0 aromatic carbocycles. The molecule has 2 aliphatic rings. The summed E-state index contributed by atoms with van der Waals surface area (Å²) in [5.41, 5.74) is 0. The molecular formula is C16H31N3OS. The second-order valence-electron chi connectivity index (χ2n) is 6.51. The number of thioether (sulfide) groups is 1. The number of likely N-dealkylation sites (tertiary alicyclic amines) is 1. The fourth-order valence-corrected chi connectivity index (χ4v) is 3.97. The van der Waals surface area contributed by atoms with Gasteiger partial charge >= 0.3 is 0 Å². The summed E-state index contributed by atoms with van der Waals surface area (Å²) in [7, 11) is 0. The molecular weight excluding hydrogens is 282 g/mol. The van der Waals surface area contributed by atoms with E-state index >= 15 is 0 Å². The van der Waals surface area contributed by atoms with Gasteiger partial charge in [-0.1, -0.05) is 6.92 Å². The van der Waals surface area contributed by atoms with Crippen molar-refractivity contribution in [2.45, 2.75) is 45.1 Å². The van der Waals surface area contributed by atoms with Gasteiger partial charge in [-0.05, 0) is 51.2 Å². The Morgan fingerprint density at radius 3 is 2.86 bits per heavy atom. The molecule has 0 bridgehead atoms. The van der Waals surface area contributed by atoms with Crippen molar-refractivity contribution in [2.24, 2.45) is 5.92 Å². The molecule has 21 heavy (non-hydrogen) atoms. The Morgan fingerprint density at radius 2 is 2.14 bits per heavy atom. The molecule has 122 valence electrons. The number of hydrogen-bond acceptors (Lipinski definition) is 4. The lowest BCUT2D eigenvalue weighted by Gasteiger charge is -2.30. The van der Waals surface area contributed by atoms with Gasteiger partial charge in [0.1, 0.15) is 0 Å². The van der Waals surface area contributed by atoms with Crippen LogP contribution in [0.25, 0.3) is 0 Å². The zero-order valence-electron chi connectivity index (χ0n) is 13.4. The summed E-state index contributed by atoms with van der Waals surface area (Å²) in [6.45, 7) is 7.95. The van der Waals surface area contributed by atoms with Crippen molar-refractivity contribution in [1.29, 1.82) is 0 Å². The average molecular weight is 314 g/mol. The molecule has 4 nitrogen and oxygen atoms in total. The van der Waals surface area contributed by atoms with Crippen LogP contribution in [0.5, 0.6) is 0 Å². The van der Waals surface area contributed by atoms with Gasteiger partial charge in [0.2, 0.25) is 5.91 Å². The van der Waals surface area contributed by atoms with Gasteiger partial charge in [0.15, 0.2) is 0 Å². The highest BCUT2D eigenvalue weighted by Crippen LogP contribution is 2.16. The molecule has 0 aliphatic carbocycles. The second kappa shape index (κ2) is 9.70. The third-order valence-electron chi connectivity index (χ3n) is 4.53. The van der Waals surface area contributed by atoms with Gasteiger partial charge in [0.25, 0.3) is 0 Å². The van der Waals surface area contributed by atoms with E-state index in [9.17, 15) is 4.79 Å². The van der Waals surface area contributed by atoms with Gasteiger partial charge in [0.05, 0.1) is 0 Å². The van der Waals surface area contributed by atoms with Crippen molar-refractivity contribution < 1.29 is 4.79 Å². The maximum absolute atomic E-state index is 11.8. The third kappa shape index (κ3) is 7.02. The van der Waals surface area contributed by atoms with Crippen molar-refractivity contribution >= 4 is 17.7 Å². The highest BCUT2D eigenvalue weighted by Gasteiger charge is 2.17. The first kappa shape index (κ1) is 17.1. The normalized spacial score (nSPS) is 24.9.